The molecule has 2 N–H and O–H groups in total. The molecule has 2 heterocycles. The van der Waals surface area contributed by atoms with E-state index in [9.17, 15) is 24.0 Å². The molecule has 4 rings (SSSR count). The van der Waals surface area contributed by atoms with Crippen molar-refractivity contribution in [3.8, 4) is 0 Å². The Kier molecular flexibility index (Phi) is 4.43. The van der Waals surface area contributed by atoms with E-state index < -0.39 is 52.3 Å². The first-order chi connectivity index (χ1) is 14.8. The first-order valence-corrected chi connectivity index (χ1v) is 7.92. The molecule has 158 valence electrons. The summed E-state index contributed by atoms with van der Waals surface area (Å²) in [7, 11) is 0. The predicted octanol–water partition coefficient (Wildman–Crippen LogP) is 2.83. The lowest BCUT2D eigenvalue weighted by atomic mass is 10.1. The number of hydrogen-bond acceptors (Lipinski definition) is 12. The fourth-order valence-corrected chi connectivity index (χ4v) is 2.49. The molecule has 4 aromatic rings. The van der Waals surface area contributed by atoms with Crippen molar-refractivity contribution in [2.75, 3.05) is 0 Å². The first-order valence-electron chi connectivity index (χ1n) is 7.92. The fraction of sp³-hybridized carbons (Fsp3) is 0. The lowest BCUT2D eigenvalue weighted by Gasteiger charge is -2.11. The number of aromatic carboxylic acids is 1. The van der Waals surface area contributed by atoms with Crippen molar-refractivity contribution in [3.05, 3.63) is 46.5 Å². The van der Waals surface area contributed by atoms with Crippen LogP contribution >= 0.6 is 0 Å². The standard InChI is InChI=1S/C17H6O14/c18-13(19)5-1-3-6(4-2-5)14(20)30-31-16(22)8-11-9(26-28-11)7(10-12(8)29-27-10)15(21)25-17(23)24/h1-4H,(H,18,19)(H,23,24). The van der Waals surface area contributed by atoms with Gasteiger partial charge in [0.05, 0.1) is 11.1 Å². The van der Waals surface area contributed by atoms with Crippen LogP contribution in [0.15, 0.2) is 42.6 Å². The minimum absolute atomic E-state index is 0.0806. The molecule has 0 aliphatic carbocycles. The zero-order valence-electron chi connectivity index (χ0n) is 14.6. The minimum Gasteiger partial charge on any atom is -0.478 e. The molecule has 2 aromatic heterocycles. The Morgan fingerprint density at radius 2 is 1.03 bits per heavy atom. The number of fused-ring (bicyclic) bond motifs is 2. The smallest absolute Gasteiger partial charge is 0.478 e. The Balaban J connectivity index is 1.55. The molecular weight excluding hydrogens is 428 g/mol. The zero-order valence-corrected chi connectivity index (χ0v) is 14.6. The number of rotatable bonds is 4. The maximum absolute atomic E-state index is 12.3. The van der Waals surface area contributed by atoms with Gasteiger partial charge in [-0.3, -0.25) is 18.3 Å². The van der Waals surface area contributed by atoms with E-state index in [0.717, 1.165) is 24.3 Å². The van der Waals surface area contributed by atoms with Crippen molar-refractivity contribution >= 4 is 52.4 Å². The van der Waals surface area contributed by atoms with Gasteiger partial charge in [0.15, 0.2) is 11.1 Å². The summed E-state index contributed by atoms with van der Waals surface area (Å²) in [4.78, 5) is 66.4. The summed E-state index contributed by atoms with van der Waals surface area (Å²) in [6.07, 6.45) is -1.90. The number of esters is 1. The van der Waals surface area contributed by atoms with E-state index in [1.807, 2.05) is 0 Å². The summed E-state index contributed by atoms with van der Waals surface area (Å²) in [5.41, 5.74) is -2.75. The van der Waals surface area contributed by atoms with Gasteiger partial charge in [0.25, 0.3) is 0 Å². The molecule has 0 atom stereocenters. The van der Waals surface area contributed by atoms with Gasteiger partial charge in [-0.05, 0) is 24.3 Å². The van der Waals surface area contributed by atoms with Crippen LogP contribution in [0, 0.1) is 0 Å². The second-order valence-electron chi connectivity index (χ2n) is 5.68. The molecular formula is C17H6O14. The molecule has 0 amide bonds. The third kappa shape index (κ3) is 3.23. The van der Waals surface area contributed by atoms with Crippen LogP contribution in [0.4, 0.5) is 4.79 Å². The van der Waals surface area contributed by atoms with Crippen molar-refractivity contribution in [1.29, 1.82) is 0 Å². The SMILES string of the molecule is O=C(O)OC(=O)c1c2ooc2c(C(=O)OOC(=O)c2ccc(C(=O)O)cc2)c2ooc12. The van der Waals surface area contributed by atoms with Gasteiger partial charge >= 0.3 is 30.0 Å². The third-order valence-electron chi connectivity index (χ3n) is 3.89. The molecule has 0 unspecified atom stereocenters. The molecule has 14 nitrogen and oxygen atoms in total. The Morgan fingerprint density at radius 3 is 1.45 bits per heavy atom. The Morgan fingerprint density at radius 1 is 0.613 bits per heavy atom. The minimum atomic E-state index is -1.90. The summed E-state index contributed by atoms with van der Waals surface area (Å²) < 4.78 is 22.5. The Labute approximate surface area is 166 Å². The van der Waals surface area contributed by atoms with Crippen molar-refractivity contribution in [3.63, 3.8) is 0 Å². The molecule has 0 aliphatic heterocycles. The third-order valence-corrected chi connectivity index (χ3v) is 3.89. The van der Waals surface area contributed by atoms with Crippen LogP contribution in [0.2, 0.25) is 0 Å². The van der Waals surface area contributed by atoms with Gasteiger partial charge in [-0.25, -0.2) is 33.7 Å². The molecule has 31 heavy (non-hydrogen) atoms. The number of ether oxygens (including phenoxy) is 1. The molecule has 14 heteroatoms. The van der Waals surface area contributed by atoms with Crippen LogP contribution in [-0.4, -0.2) is 40.2 Å². The predicted molar refractivity (Wildman–Crippen MR) is 88.2 cm³/mol. The molecule has 0 saturated carbocycles. The second-order valence-corrected chi connectivity index (χ2v) is 5.68. The van der Waals surface area contributed by atoms with E-state index in [4.69, 9.17) is 10.2 Å². The lowest BCUT2D eigenvalue weighted by molar-refractivity contribution is -0.187. The molecule has 0 saturated heterocycles. The van der Waals surface area contributed by atoms with Gasteiger partial charge in [-0.15, -0.1) is 0 Å². The topological polar surface area (TPSA) is 206 Å². The van der Waals surface area contributed by atoms with E-state index in [1.54, 1.807) is 0 Å². The number of carboxylic acid groups (broad SMARTS) is 2. The number of benzene rings is 2. The van der Waals surface area contributed by atoms with Crippen molar-refractivity contribution in [2.45, 2.75) is 0 Å². The molecule has 0 aliphatic rings. The summed E-state index contributed by atoms with van der Waals surface area (Å²) in [6, 6.07) is 4.54. The van der Waals surface area contributed by atoms with E-state index in [0.29, 0.717) is 0 Å². The van der Waals surface area contributed by atoms with Crippen LogP contribution in [0.5, 0.6) is 0 Å². The maximum atomic E-state index is 12.3. The van der Waals surface area contributed by atoms with E-state index in [1.165, 1.54) is 0 Å². The summed E-state index contributed by atoms with van der Waals surface area (Å²) in [6.45, 7) is 0. The number of carbonyl (C=O) groups excluding carboxylic acids is 3. The monoisotopic (exact) mass is 434 g/mol. The van der Waals surface area contributed by atoms with Crippen molar-refractivity contribution in [2.24, 2.45) is 0 Å². The highest BCUT2D eigenvalue weighted by Crippen LogP contribution is 2.38. The van der Waals surface area contributed by atoms with Gasteiger partial charge in [0, 0.05) is 0 Å². The number of carbonyl (C=O) groups is 5. The average Bonchev–Trinajstić information content (AvgIpc) is 2.67. The average molecular weight is 434 g/mol. The van der Waals surface area contributed by atoms with Gasteiger partial charge < -0.3 is 14.9 Å². The van der Waals surface area contributed by atoms with Crippen LogP contribution in [0.1, 0.15) is 41.4 Å². The zero-order chi connectivity index (χ0) is 22.3. The number of hydrogen-bond donors (Lipinski definition) is 2. The first kappa shape index (κ1) is 19.3. The molecule has 0 fully saturated rings. The number of carboxylic acids is 1. The molecule has 0 spiro atoms. The van der Waals surface area contributed by atoms with Gasteiger partial charge in [0.1, 0.15) is 0 Å². The maximum Gasteiger partial charge on any atom is 0.513 e. The summed E-state index contributed by atoms with van der Waals surface area (Å²) in [5.74, 6) is -5.03. The van der Waals surface area contributed by atoms with E-state index in [2.05, 4.69) is 32.8 Å². The van der Waals surface area contributed by atoms with Crippen LogP contribution in [0.25, 0.3) is 22.3 Å². The van der Waals surface area contributed by atoms with Crippen molar-refractivity contribution < 1.29 is 67.0 Å². The van der Waals surface area contributed by atoms with Gasteiger partial charge in [-0.2, -0.15) is 0 Å². The van der Waals surface area contributed by atoms with Crippen LogP contribution < -0.4 is 0 Å². The lowest BCUT2D eigenvalue weighted by Crippen LogP contribution is -2.16. The fourth-order valence-electron chi connectivity index (χ4n) is 2.49. The molecule has 2 aromatic carbocycles. The highest BCUT2D eigenvalue weighted by Gasteiger charge is 2.38. The van der Waals surface area contributed by atoms with Crippen molar-refractivity contribution in [1.82, 2.24) is 0 Å². The summed E-state index contributed by atoms with van der Waals surface area (Å²) in [5, 5.41) is 17.4. The largest absolute Gasteiger partial charge is 0.513 e. The van der Waals surface area contributed by atoms with Gasteiger partial charge in [-0.1, -0.05) is 0 Å². The van der Waals surface area contributed by atoms with Crippen LogP contribution in [0.3, 0.4) is 0 Å². The highest BCUT2D eigenvalue weighted by atomic mass is 17.2. The Hall–Kier alpha value is -5.01. The van der Waals surface area contributed by atoms with Gasteiger partial charge in [0.2, 0.25) is 22.3 Å². The summed E-state index contributed by atoms with van der Waals surface area (Å²) >= 11 is 0. The molecule has 0 radical (unpaired) electrons. The second kappa shape index (κ2) is 7.11. The van der Waals surface area contributed by atoms with E-state index in [-0.39, 0.29) is 22.3 Å². The van der Waals surface area contributed by atoms with Crippen LogP contribution in [-0.2, 0) is 14.5 Å². The highest BCUT2D eigenvalue weighted by molar-refractivity contribution is 6.20. The molecule has 0 bridgehead atoms. The Bertz CT molecular complexity index is 1310. The van der Waals surface area contributed by atoms with E-state index >= 15 is 0 Å². The normalized spacial score (nSPS) is 10.8. The quantitative estimate of drug-likeness (QED) is 0.205.